The number of hydrogen-bond acceptors (Lipinski definition) is 5. The van der Waals surface area contributed by atoms with Gasteiger partial charge in [0.25, 0.3) is 0 Å². The molecule has 0 aliphatic rings. The Bertz CT molecular complexity index is 1190. The fourth-order valence-corrected chi connectivity index (χ4v) is 2.73. The van der Waals surface area contributed by atoms with Crippen LogP contribution >= 0.6 is 0 Å². The Morgan fingerprint density at radius 3 is 1.82 bits per heavy atom. The van der Waals surface area contributed by atoms with Gasteiger partial charge in [0.1, 0.15) is 29.7 Å². The largest absolute Gasteiger partial charge is 0.489 e. The lowest BCUT2D eigenvalue weighted by Gasteiger charge is -2.10. The average molecular weight is 446 g/mol. The molecule has 0 aliphatic heterocycles. The first-order valence-electron chi connectivity index (χ1n) is 10.1. The summed E-state index contributed by atoms with van der Waals surface area (Å²) in [5.74, 6) is -0.431. The molecule has 0 spiro atoms. The second kappa shape index (κ2) is 10.4. The lowest BCUT2D eigenvalue weighted by Crippen LogP contribution is -2.08. The molecule has 0 fully saturated rings. The molecule has 0 bridgehead atoms. The van der Waals surface area contributed by atoms with Gasteiger partial charge in [-0.25, -0.2) is 14.0 Å². The molecule has 6 heteroatoms. The molecule has 0 radical (unpaired) electrons. The van der Waals surface area contributed by atoms with Crippen molar-refractivity contribution in [1.29, 1.82) is 0 Å². The summed E-state index contributed by atoms with van der Waals surface area (Å²) >= 11 is 0. The summed E-state index contributed by atoms with van der Waals surface area (Å²) in [6.45, 7) is 10.5. The summed E-state index contributed by atoms with van der Waals surface area (Å²) in [6, 6.07) is 18.2. The van der Waals surface area contributed by atoms with Crippen LogP contribution in [0.25, 0.3) is 11.1 Å². The van der Waals surface area contributed by atoms with E-state index in [2.05, 4.69) is 13.2 Å². The van der Waals surface area contributed by atoms with E-state index in [-0.39, 0.29) is 11.3 Å². The normalized spacial score (nSPS) is 10.3. The maximum absolute atomic E-state index is 14.5. The van der Waals surface area contributed by atoms with E-state index in [0.717, 1.165) is 11.6 Å². The number of rotatable bonds is 8. The third-order valence-corrected chi connectivity index (χ3v) is 4.55. The van der Waals surface area contributed by atoms with Gasteiger partial charge < -0.3 is 14.2 Å². The topological polar surface area (TPSA) is 61.8 Å². The maximum atomic E-state index is 14.5. The van der Waals surface area contributed by atoms with Crippen molar-refractivity contribution in [2.45, 2.75) is 20.5 Å². The van der Waals surface area contributed by atoms with Crippen LogP contribution in [-0.2, 0) is 16.2 Å². The predicted octanol–water partition coefficient (Wildman–Crippen LogP) is 6.03. The van der Waals surface area contributed by atoms with Crippen LogP contribution in [0.4, 0.5) is 4.39 Å². The van der Waals surface area contributed by atoms with Crippen molar-refractivity contribution in [3.8, 4) is 28.4 Å². The van der Waals surface area contributed by atoms with E-state index in [1.54, 1.807) is 61.5 Å². The van der Waals surface area contributed by atoms with Gasteiger partial charge in [0.05, 0.1) is 0 Å². The highest BCUT2D eigenvalue weighted by atomic mass is 19.1. The molecule has 0 N–H and O–H groups in total. The van der Waals surface area contributed by atoms with Gasteiger partial charge in [0.2, 0.25) is 0 Å². The second-order valence-electron chi connectivity index (χ2n) is 7.44. The van der Waals surface area contributed by atoms with E-state index >= 15 is 0 Å². The summed E-state index contributed by atoms with van der Waals surface area (Å²) in [5.41, 5.74) is 2.48. The lowest BCUT2D eigenvalue weighted by molar-refractivity contribution is -0.130. The molecular formula is C27H23FO5. The Morgan fingerprint density at radius 2 is 1.27 bits per heavy atom. The third kappa shape index (κ3) is 6.40. The molecule has 3 aromatic carbocycles. The van der Waals surface area contributed by atoms with Crippen molar-refractivity contribution in [3.05, 3.63) is 102 Å². The number of hydrogen-bond donors (Lipinski definition) is 0. The molecule has 0 atom stereocenters. The second-order valence-corrected chi connectivity index (χ2v) is 7.44. The Morgan fingerprint density at radius 1 is 0.758 bits per heavy atom. The van der Waals surface area contributed by atoms with E-state index in [4.69, 9.17) is 14.2 Å². The SMILES string of the molecule is C=C(C)C(=O)Oc1ccc(COc2ccc(-c3ccc(OC(=O)C(=C)C)cc3F)cc2)cc1. The van der Waals surface area contributed by atoms with Crippen LogP contribution < -0.4 is 14.2 Å². The maximum Gasteiger partial charge on any atom is 0.338 e. The summed E-state index contributed by atoms with van der Waals surface area (Å²) in [4.78, 5) is 23.1. The first-order chi connectivity index (χ1) is 15.7. The van der Waals surface area contributed by atoms with E-state index in [0.29, 0.717) is 34.8 Å². The van der Waals surface area contributed by atoms with Gasteiger partial charge in [-0.05, 0) is 61.4 Å². The lowest BCUT2D eigenvalue weighted by atomic mass is 10.0. The highest BCUT2D eigenvalue weighted by Gasteiger charge is 2.11. The van der Waals surface area contributed by atoms with E-state index in [9.17, 15) is 14.0 Å². The van der Waals surface area contributed by atoms with Gasteiger partial charge >= 0.3 is 11.9 Å². The zero-order chi connectivity index (χ0) is 24.0. The molecule has 0 unspecified atom stereocenters. The minimum atomic E-state index is -0.605. The van der Waals surface area contributed by atoms with Gasteiger partial charge in [0, 0.05) is 22.8 Å². The summed E-state index contributed by atoms with van der Waals surface area (Å²) in [7, 11) is 0. The molecule has 33 heavy (non-hydrogen) atoms. The van der Waals surface area contributed by atoms with Crippen LogP contribution in [-0.4, -0.2) is 11.9 Å². The fourth-order valence-electron chi connectivity index (χ4n) is 2.73. The van der Waals surface area contributed by atoms with Crippen LogP contribution in [0.15, 0.2) is 91.0 Å². The summed E-state index contributed by atoms with van der Waals surface area (Å²) in [6.07, 6.45) is 0. The van der Waals surface area contributed by atoms with Crippen molar-refractivity contribution in [2.24, 2.45) is 0 Å². The molecule has 0 saturated carbocycles. The first kappa shape index (κ1) is 23.5. The first-order valence-corrected chi connectivity index (χ1v) is 10.1. The standard InChI is InChI=1S/C27H23FO5/c1-17(2)26(29)32-22-9-5-19(6-10-22)16-31-21-11-7-20(8-12-21)24-14-13-23(15-25(24)28)33-27(30)18(3)4/h5-15H,1,3,16H2,2,4H3. The van der Waals surface area contributed by atoms with Gasteiger partial charge in [-0.2, -0.15) is 0 Å². The number of carbonyl (C=O) groups excluding carboxylic acids is 2. The Labute approximate surface area is 191 Å². The van der Waals surface area contributed by atoms with Crippen LogP contribution in [0.2, 0.25) is 0 Å². The predicted molar refractivity (Wildman–Crippen MR) is 124 cm³/mol. The van der Waals surface area contributed by atoms with Gasteiger partial charge in [-0.3, -0.25) is 0 Å². The quantitative estimate of drug-likeness (QED) is 0.240. The minimum absolute atomic E-state index is 0.115. The van der Waals surface area contributed by atoms with E-state index in [1.165, 1.54) is 13.0 Å². The summed E-state index contributed by atoms with van der Waals surface area (Å²) < 4.78 is 30.5. The van der Waals surface area contributed by atoms with Gasteiger partial charge in [-0.15, -0.1) is 0 Å². The van der Waals surface area contributed by atoms with Gasteiger partial charge in [-0.1, -0.05) is 37.4 Å². The highest BCUT2D eigenvalue weighted by molar-refractivity contribution is 5.89. The Hall–Kier alpha value is -4.19. The van der Waals surface area contributed by atoms with Crippen molar-refractivity contribution in [1.82, 2.24) is 0 Å². The number of ether oxygens (including phenoxy) is 3. The molecule has 0 saturated heterocycles. The third-order valence-electron chi connectivity index (χ3n) is 4.55. The highest BCUT2D eigenvalue weighted by Crippen LogP contribution is 2.28. The Kier molecular flexibility index (Phi) is 7.41. The van der Waals surface area contributed by atoms with Crippen molar-refractivity contribution in [2.75, 3.05) is 0 Å². The van der Waals surface area contributed by atoms with Crippen molar-refractivity contribution < 1.29 is 28.2 Å². The summed E-state index contributed by atoms with van der Waals surface area (Å²) in [5, 5.41) is 0. The molecule has 5 nitrogen and oxygen atoms in total. The van der Waals surface area contributed by atoms with Crippen LogP contribution in [0.5, 0.6) is 17.2 Å². The number of carbonyl (C=O) groups is 2. The molecule has 3 rings (SSSR count). The molecule has 0 aromatic heterocycles. The monoisotopic (exact) mass is 446 g/mol. The van der Waals surface area contributed by atoms with E-state index in [1.807, 2.05) is 0 Å². The zero-order valence-corrected chi connectivity index (χ0v) is 18.4. The van der Waals surface area contributed by atoms with Crippen LogP contribution in [0, 0.1) is 5.82 Å². The van der Waals surface area contributed by atoms with E-state index < -0.39 is 17.8 Å². The number of halogens is 1. The van der Waals surface area contributed by atoms with Crippen molar-refractivity contribution in [3.63, 3.8) is 0 Å². The smallest absolute Gasteiger partial charge is 0.338 e. The zero-order valence-electron chi connectivity index (χ0n) is 18.4. The molecule has 0 amide bonds. The Balaban J connectivity index is 1.60. The van der Waals surface area contributed by atoms with Crippen molar-refractivity contribution >= 4 is 11.9 Å². The molecule has 0 aliphatic carbocycles. The molecule has 168 valence electrons. The fraction of sp³-hybridized carbons (Fsp3) is 0.111. The van der Waals surface area contributed by atoms with Gasteiger partial charge in [0.15, 0.2) is 0 Å². The molecule has 3 aromatic rings. The minimum Gasteiger partial charge on any atom is -0.489 e. The van der Waals surface area contributed by atoms with Crippen LogP contribution in [0.3, 0.4) is 0 Å². The molecular weight excluding hydrogens is 423 g/mol. The average Bonchev–Trinajstić information content (AvgIpc) is 2.79. The number of benzene rings is 3. The van der Waals surface area contributed by atoms with Crippen LogP contribution in [0.1, 0.15) is 19.4 Å². The molecule has 0 heterocycles. The number of esters is 2.